The molecule has 2 N–H and O–H groups in total. The highest BCUT2D eigenvalue weighted by Gasteiger charge is 2.02. The zero-order valence-corrected chi connectivity index (χ0v) is 10.8. The molecule has 100 valence electrons. The van der Waals surface area contributed by atoms with Gasteiger partial charge in [0.2, 0.25) is 0 Å². The molecule has 4 nitrogen and oxygen atoms in total. The average molecular weight is 259 g/mol. The second-order valence-electron chi connectivity index (χ2n) is 3.91. The molecular weight excluding hydrogens is 242 g/mol. The molecule has 0 aliphatic heterocycles. The van der Waals surface area contributed by atoms with Crippen LogP contribution in [0.4, 0.5) is 5.69 Å². The largest absolute Gasteiger partial charge is 0.497 e. The molecule has 0 saturated carbocycles. The summed E-state index contributed by atoms with van der Waals surface area (Å²) in [5.74, 6) is 2.18. The summed E-state index contributed by atoms with van der Waals surface area (Å²) >= 11 is 0. The fraction of sp³-hybridized carbons (Fsp3) is 0.200. The minimum absolute atomic E-state index is 0.436. The molecule has 2 aromatic carbocycles. The van der Waals surface area contributed by atoms with Crippen LogP contribution in [0, 0.1) is 0 Å². The number of methoxy groups -OCH3 is 1. The maximum atomic E-state index is 5.84. The van der Waals surface area contributed by atoms with Crippen LogP contribution in [0.1, 0.15) is 0 Å². The minimum atomic E-state index is 0.436. The van der Waals surface area contributed by atoms with Gasteiger partial charge in [-0.2, -0.15) is 0 Å². The van der Waals surface area contributed by atoms with Crippen molar-refractivity contribution in [3.05, 3.63) is 48.5 Å². The molecule has 4 heteroatoms. The zero-order chi connectivity index (χ0) is 13.5. The van der Waals surface area contributed by atoms with E-state index in [1.165, 1.54) is 0 Å². The maximum Gasteiger partial charge on any atom is 0.142 e. The van der Waals surface area contributed by atoms with Gasteiger partial charge in [0.15, 0.2) is 0 Å². The van der Waals surface area contributed by atoms with Crippen molar-refractivity contribution in [3.63, 3.8) is 0 Å². The Kier molecular flexibility index (Phi) is 4.50. The van der Waals surface area contributed by atoms with Crippen molar-refractivity contribution in [1.82, 2.24) is 0 Å². The predicted molar refractivity (Wildman–Crippen MR) is 74.8 cm³/mol. The van der Waals surface area contributed by atoms with Gasteiger partial charge in [-0.1, -0.05) is 18.2 Å². The lowest BCUT2D eigenvalue weighted by Crippen LogP contribution is -2.09. The second kappa shape index (κ2) is 6.54. The third-order valence-electron chi connectivity index (χ3n) is 2.57. The molecule has 19 heavy (non-hydrogen) atoms. The first-order chi connectivity index (χ1) is 9.29. The van der Waals surface area contributed by atoms with E-state index in [9.17, 15) is 0 Å². The van der Waals surface area contributed by atoms with Gasteiger partial charge in [0, 0.05) is 6.07 Å². The first-order valence-corrected chi connectivity index (χ1v) is 6.04. The number of hydrogen-bond donors (Lipinski definition) is 1. The van der Waals surface area contributed by atoms with Gasteiger partial charge >= 0.3 is 0 Å². The number of benzene rings is 2. The molecule has 0 saturated heterocycles. The number of rotatable bonds is 6. The van der Waals surface area contributed by atoms with Gasteiger partial charge in [-0.15, -0.1) is 0 Å². The van der Waals surface area contributed by atoms with Crippen LogP contribution in [0.3, 0.4) is 0 Å². The van der Waals surface area contributed by atoms with Crippen molar-refractivity contribution in [1.29, 1.82) is 0 Å². The van der Waals surface area contributed by atoms with Crippen molar-refractivity contribution in [2.45, 2.75) is 0 Å². The molecule has 0 unspecified atom stereocenters. The van der Waals surface area contributed by atoms with E-state index in [4.69, 9.17) is 19.9 Å². The van der Waals surface area contributed by atoms with E-state index >= 15 is 0 Å². The quantitative estimate of drug-likeness (QED) is 0.640. The van der Waals surface area contributed by atoms with E-state index < -0.39 is 0 Å². The van der Waals surface area contributed by atoms with Gasteiger partial charge in [-0.25, -0.2) is 0 Å². The monoisotopic (exact) mass is 259 g/mol. The molecule has 0 aliphatic carbocycles. The highest BCUT2D eigenvalue weighted by molar-refractivity contribution is 5.56. The van der Waals surface area contributed by atoms with Crippen molar-refractivity contribution in [3.8, 4) is 17.2 Å². The molecule has 0 amide bonds. The average Bonchev–Trinajstić information content (AvgIpc) is 2.46. The van der Waals surface area contributed by atoms with Crippen LogP contribution in [0.2, 0.25) is 0 Å². The molecule has 0 bridgehead atoms. The van der Waals surface area contributed by atoms with Crippen LogP contribution >= 0.6 is 0 Å². The summed E-state index contributed by atoms with van der Waals surface area (Å²) in [6.45, 7) is 0.904. The molecule has 0 spiro atoms. The Morgan fingerprint density at radius 2 is 1.63 bits per heavy atom. The molecule has 0 aliphatic rings. The van der Waals surface area contributed by atoms with E-state index in [1.54, 1.807) is 19.2 Å². The lowest BCUT2D eigenvalue weighted by Gasteiger charge is -2.11. The van der Waals surface area contributed by atoms with Crippen LogP contribution in [-0.2, 0) is 0 Å². The fourth-order valence-electron chi connectivity index (χ4n) is 1.61. The fourth-order valence-corrected chi connectivity index (χ4v) is 1.61. The summed E-state index contributed by atoms with van der Waals surface area (Å²) in [6, 6.07) is 14.9. The number of hydrogen-bond acceptors (Lipinski definition) is 4. The van der Waals surface area contributed by atoms with Crippen molar-refractivity contribution >= 4 is 5.69 Å². The Hall–Kier alpha value is -2.36. The maximum absolute atomic E-state index is 5.84. The molecule has 0 aromatic heterocycles. The van der Waals surface area contributed by atoms with E-state index in [0.717, 1.165) is 5.75 Å². The molecule has 0 fully saturated rings. The van der Waals surface area contributed by atoms with Crippen LogP contribution in [0.15, 0.2) is 48.5 Å². The summed E-state index contributed by atoms with van der Waals surface area (Å²) in [6.07, 6.45) is 0. The van der Waals surface area contributed by atoms with Gasteiger partial charge in [-0.05, 0) is 24.3 Å². The molecule has 0 atom stereocenters. The summed E-state index contributed by atoms with van der Waals surface area (Å²) in [7, 11) is 1.60. The van der Waals surface area contributed by atoms with E-state index in [2.05, 4.69) is 0 Å². The van der Waals surface area contributed by atoms with Crippen LogP contribution in [0.5, 0.6) is 17.2 Å². The standard InChI is InChI=1S/C15H17NO3/c1-17-13-7-8-15(14(16)11-13)19-10-9-18-12-5-3-2-4-6-12/h2-8,11H,9-10,16H2,1H3. The van der Waals surface area contributed by atoms with Gasteiger partial charge in [0.1, 0.15) is 30.5 Å². The van der Waals surface area contributed by atoms with Gasteiger partial charge in [-0.3, -0.25) is 0 Å². The minimum Gasteiger partial charge on any atom is -0.497 e. The lowest BCUT2D eigenvalue weighted by molar-refractivity contribution is 0.218. The Labute approximate surface area is 112 Å². The summed E-state index contributed by atoms with van der Waals surface area (Å²) in [5, 5.41) is 0. The van der Waals surface area contributed by atoms with Crippen molar-refractivity contribution in [2.24, 2.45) is 0 Å². The van der Waals surface area contributed by atoms with Gasteiger partial charge in [0.25, 0.3) is 0 Å². The number of nitrogen functional groups attached to an aromatic ring is 1. The molecular formula is C15H17NO3. The summed E-state index contributed by atoms with van der Waals surface area (Å²) in [5.41, 5.74) is 6.40. The smallest absolute Gasteiger partial charge is 0.142 e. The van der Waals surface area contributed by atoms with Crippen molar-refractivity contribution < 1.29 is 14.2 Å². The molecule has 0 radical (unpaired) electrons. The normalized spacial score (nSPS) is 9.95. The summed E-state index contributed by atoms with van der Waals surface area (Å²) < 4.78 is 16.1. The lowest BCUT2D eigenvalue weighted by atomic mass is 10.3. The number of para-hydroxylation sites is 1. The Bertz CT molecular complexity index is 514. The first kappa shape index (κ1) is 13.1. The predicted octanol–water partition coefficient (Wildman–Crippen LogP) is 2.74. The Morgan fingerprint density at radius 3 is 2.32 bits per heavy atom. The highest BCUT2D eigenvalue weighted by Crippen LogP contribution is 2.26. The zero-order valence-electron chi connectivity index (χ0n) is 10.8. The van der Waals surface area contributed by atoms with E-state index in [0.29, 0.717) is 30.4 Å². The topological polar surface area (TPSA) is 53.7 Å². The van der Waals surface area contributed by atoms with Gasteiger partial charge in [0.05, 0.1) is 12.8 Å². The SMILES string of the molecule is COc1ccc(OCCOc2ccccc2)c(N)c1. The third-order valence-corrected chi connectivity index (χ3v) is 2.57. The van der Waals surface area contributed by atoms with Gasteiger partial charge < -0.3 is 19.9 Å². The summed E-state index contributed by atoms with van der Waals surface area (Å²) in [4.78, 5) is 0. The second-order valence-corrected chi connectivity index (χ2v) is 3.91. The van der Waals surface area contributed by atoms with Crippen molar-refractivity contribution in [2.75, 3.05) is 26.1 Å². The molecule has 2 rings (SSSR count). The van der Waals surface area contributed by atoms with Crippen LogP contribution < -0.4 is 19.9 Å². The van der Waals surface area contributed by atoms with Crippen LogP contribution in [0.25, 0.3) is 0 Å². The Morgan fingerprint density at radius 1 is 0.895 bits per heavy atom. The van der Waals surface area contributed by atoms with E-state index in [1.807, 2.05) is 36.4 Å². The number of anilines is 1. The number of nitrogens with two attached hydrogens (primary N) is 1. The molecule has 2 aromatic rings. The van der Waals surface area contributed by atoms with Crippen LogP contribution in [-0.4, -0.2) is 20.3 Å². The third kappa shape index (κ3) is 3.81. The Balaban J connectivity index is 1.80. The first-order valence-electron chi connectivity index (χ1n) is 6.04. The highest BCUT2D eigenvalue weighted by atomic mass is 16.5. The molecule has 0 heterocycles. The number of ether oxygens (including phenoxy) is 3. The van der Waals surface area contributed by atoms with E-state index in [-0.39, 0.29) is 0 Å².